The van der Waals surface area contributed by atoms with Crippen molar-refractivity contribution < 1.29 is 14.6 Å². The Hall–Kier alpha value is -2.70. The Labute approximate surface area is 140 Å². The summed E-state index contributed by atoms with van der Waals surface area (Å²) in [4.78, 5) is 26.7. The number of carboxylic acids is 1. The molecule has 1 aliphatic heterocycles. The lowest BCUT2D eigenvalue weighted by atomic mass is 9.91. The molecule has 7 heteroatoms. The fraction of sp³-hybridized carbons (Fsp3) is 0.412. The number of hydrogen-bond donors (Lipinski definition) is 1. The summed E-state index contributed by atoms with van der Waals surface area (Å²) in [6.07, 6.45) is 5.70. The molecule has 1 saturated heterocycles. The highest BCUT2D eigenvalue weighted by Crippen LogP contribution is 2.32. The third kappa shape index (κ3) is 3.02. The minimum atomic E-state index is -1.24. The molecule has 126 valence electrons. The number of aromatic nitrogens is 3. The predicted molar refractivity (Wildman–Crippen MR) is 88.2 cm³/mol. The molecule has 1 fully saturated rings. The molecule has 0 saturated carbocycles. The van der Waals surface area contributed by atoms with Crippen LogP contribution in [0, 0.1) is 13.8 Å². The van der Waals surface area contributed by atoms with E-state index in [0.29, 0.717) is 37.4 Å². The summed E-state index contributed by atoms with van der Waals surface area (Å²) < 4.78 is 5.92. The molecule has 0 aliphatic carbocycles. The molecule has 2 aromatic rings. The maximum absolute atomic E-state index is 11.9. The van der Waals surface area contributed by atoms with Gasteiger partial charge in [0.1, 0.15) is 11.6 Å². The molecular weight excluding hydrogens is 308 g/mol. The molecule has 0 unspecified atom stereocenters. The zero-order valence-corrected chi connectivity index (χ0v) is 13.8. The van der Waals surface area contributed by atoms with E-state index < -0.39 is 11.6 Å². The normalized spacial score (nSPS) is 16.7. The van der Waals surface area contributed by atoms with Crippen LogP contribution in [0.25, 0.3) is 0 Å². The zero-order valence-electron chi connectivity index (χ0n) is 13.8. The van der Waals surface area contributed by atoms with Crippen molar-refractivity contribution in [1.82, 2.24) is 15.0 Å². The lowest BCUT2D eigenvalue weighted by molar-refractivity contribution is -0.157. The third-order valence-corrected chi connectivity index (χ3v) is 4.38. The van der Waals surface area contributed by atoms with Crippen molar-refractivity contribution in [2.24, 2.45) is 0 Å². The van der Waals surface area contributed by atoms with Gasteiger partial charge in [0, 0.05) is 44.5 Å². The molecule has 2 aromatic heterocycles. The van der Waals surface area contributed by atoms with E-state index in [0.717, 1.165) is 11.5 Å². The monoisotopic (exact) mass is 328 g/mol. The molecule has 1 aliphatic rings. The van der Waals surface area contributed by atoms with Gasteiger partial charge in [0.05, 0.1) is 11.4 Å². The Morgan fingerprint density at radius 1 is 1.12 bits per heavy atom. The van der Waals surface area contributed by atoms with E-state index in [9.17, 15) is 9.90 Å². The van der Waals surface area contributed by atoms with Crippen LogP contribution in [0.3, 0.4) is 0 Å². The van der Waals surface area contributed by atoms with E-state index in [4.69, 9.17) is 4.74 Å². The Kier molecular flexibility index (Phi) is 4.33. The quantitative estimate of drug-likeness (QED) is 0.918. The first-order valence-electron chi connectivity index (χ1n) is 7.88. The van der Waals surface area contributed by atoms with Gasteiger partial charge in [-0.1, -0.05) is 0 Å². The van der Waals surface area contributed by atoms with E-state index in [1.165, 1.54) is 0 Å². The predicted octanol–water partition coefficient (Wildman–Crippen LogP) is 1.99. The van der Waals surface area contributed by atoms with Gasteiger partial charge in [0.25, 0.3) is 0 Å². The number of rotatable bonds is 4. The SMILES string of the molecule is Cc1ncccc1OC1(C(=O)O)CCN(c2nccnc2C)CC1. The first-order valence-corrected chi connectivity index (χ1v) is 7.88. The second-order valence-corrected chi connectivity index (χ2v) is 5.94. The van der Waals surface area contributed by atoms with Crippen molar-refractivity contribution in [2.45, 2.75) is 32.3 Å². The van der Waals surface area contributed by atoms with Crippen molar-refractivity contribution in [3.63, 3.8) is 0 Å². The van der Waals surface area contributed by atoms with Gasteiger partial charge in [-0.15, -0.1) is 0 Å². The Morgan fingerprint density at radius 3 is 2.42 bits per heavy atom. The molecule has 0 atom stereocenters. The molecule has 0 aromatic carbocycles. The summed E-state index contributed by atoms with van der Waals surface area (Å²) in [5.41, 5.74) is 0.287. The van der Waals surface area contributed by atoms with E-state index in [2.05, 4.69) is 19.9 Å². The highest BCUT2D eigenvalue weighted by Gasteiger charge is 2.44. The van der Waals surface area contributed by atoms with E-state index in [1.54, 1.807) is 30.7 Å². The molecular formula is C17H20N4O3. The van der Waals surface area contributed by atoms with Gasteiger partial charge in [-0.2, -0.15) is 0 Å². The minimum absolute atomic E-state index is 0.368. The lowest BCUT2D eigenvalue weighted by Gasteiger charge is -2.39. The van der Waals surface area contributed by atoms with Gasteiger partial charge in [-0.25, -0.2) is 9.78 Å². The number of ether oxygens (including phenoxy) is 1. The van der Waals surface area contributed by atoms with E-state index >= 15 is 0 Å². The van der Waals surface area contributed by atoms with Crippen LogP contribution in [0.4, 0.5) is 5.82 Å². The summed E-state index contributed by atoms with van der Waals surface area (Å²) in [5.74, 6) is 0.374. The van der Waals surface area contributed by atoms with Crippen LogP contribution >= 0.6 is 0 Å². The van der Waals surface area contributed by atoms with Gasteiger partial charge in [-0.05, 0) is 26.0 Å². The minimum Gasteiger partial charge on any atom is -0.478 e. The number of carboxylic acid groups (broad SMARTS) is 1. The second-order valence-electron chi connectivity index (χ2n) is 5.94. The standard InChI is InChI=1S/C17H20N4O3/c1-12-14(4-3-7-18-12)24-17(16(22)23)5-10-21(11-6-17)15-13(2)19-8-9-20-15/h3-4,7-9H,5-6,10-11H2,1-2H3,(H,22,23). The molecule has 1 N–H and O–H groups in total. The fourth-order valence-electron chi connectivity index (χ4n) is 2.94. The molecule has 0 spiro atoms. The summed E-state index contributed by atoms with van der Waals surface area (Å²) in [6.45, 7) is 4.80. The van der Waals surface area contributed by atoms with Crippen LogP contribution in [0.15, 0.2) is 30.7 Å². The van der Waals surface area contributed by atoms with Crippen LogP contribution in [0.1, 0.15) is 24.2 Å². The van der Waals surface area contributed by atoms with Gasteiger partial charge < -0.3 is 14.7 Å². The van der Waals surface area contributed by atoms with Gasteiger partial charge in [0.15, 0.2) is 0 Å². The Bertz CT molecular complexity index is 742. The molecule has 0 bridgehead atoms. The first-order chi connectivity index (χ1) is 11.5. The number of nitrogens with zero attached hydrogens (tertiary/aromatic N) is 4. The average Bonchev–Trinajstić information content (AvgIpc) is 2.58. The third-order valence-electron chi connectivity index (χ3n) is 4.38. The number of carbonyl (C=O) groups is 1. The molecule has 3 rings (SSSR count). The maximum Gasteiger partial charge on any atom is 0.348 e. The van der Waals surface area contributed by atoms with E-state index in [1.807, 2.05) is 13.8 Å². The topological polar surface area (TPSA) is 88.4 Å². The van der Waals surface area contributed by atoms with Crippen LogP contribution in [0.2, 0.25) is 0 Å². The summed E-state index contributed by atoms with van der Waals surface area (Å²) >= 11 is 0. The highest BCUT2D eigenvalue weighted by atomic mass is 16.5. The average molecular weight is 328 g/mol. The van der Waals surface area contributed by atoms with Crippen molar-refractivity contribution in [3.05, 3.63) is 42.1 Å². The number of hydrogen-bond acceptors (Lipinski definition) is 6. The van der Waals surface area contributed by atoms with Gasteiger partial charge >= 0.3 is 5.97 Å². The van der Waals surface area contributed by atoms with Gasteiger partial charge in [-0.3, -0.25) is 9.97 Å². The molecule has 7 nitrogen and oxygen atoms in total. The highest BCUT2D eigenvalue weighted by molar-refractivity contribution is 5.78. The lowest BCUT2D eigenvalue weighted by Crippen LogP contribution is -2.53. The van der Waals surface area contributed by atoms with Crippen LogP contribution in [-0.4, -0.2) is 44.7 Å². The number of aliphatic carboxylic acids is 1. The maximum atomic E-state index is 11.9. The Morgan fingerprint density at radius 2 is 1.79 bits per heavy atom. The molecule has 3 heterocycles. The van der Waals surface area contributed by atoms with Crippen molar-refractivity contribution >= 4 is 11.8 Å². The Balaban J connectivity index is 1.79. The van der Waals surface area contributed by atoms with Crippen molar-refractivity contribution in [2.75, 3.05) is 18.0 Å². The van der Waals surface area contributed by atoms with Gasteiger partial charge in [0.2, 0.25) is 5.60 Å². The zero-order chi connectivity index (χ0) is 17.2. The summed E-state index contributed by atoms with van der Waals surface area (Å²) in [7, 11) is 0. The second kappa shape index (κ2) is 6.43. The smallest absolute Gasteiger partial charge is 0.348 e. The van der Waals surface area contributed by atoms with E-state index in [-0.39, 0.29) is 0 Å². The van der Waals surface area contributed by atoms with Crippen LogP contribution in [0.5, 0.6) is 5.75 Å². The number of aryl methyl sites for hydroxylation is 2. The number of pyridine rings is 1. The van der Waals surface area contributed by atoms with Crippen LogP contribution in [-0.2, 0) is 4.79 Å². The largest absolute Gasteiger partial charge is 0.478 e. The molecule has 0 radical (unpaired) electrons. The first kappa shape index (κ1) is 16.2. The fourth-order valence-corrected chi connectivity index (χ4v) is 2.94. The van der Waals surface area contributed by atoms with Crippen molar-refractivity contribution in [3.8, 4) is 5.75 Å². The number of anilines is 1. The van der Waals surface area contributed by atoms with Crippen LogP contribution < -0.4 is 9.64 Å². The molecule has 0 amide bonds. The number of piperidine rings is 1. The summed E-state index contributed by atoms with van der Waals surface area (Å²) in [5, 5.41) is 9.76. The summed E-state index contributed by atoms with van der Waals surface area (Å²) in [6, 6.07) is 3.50. The van der Waals surface area contributed by atoms with Crippen molar-refractivity contribution in [1.29, 1.82) is 0 Å². The molecule has 24 heavy (non-hydrogen) atoms.